The number of rotatable bonds is 15. The van der Waals surface area contributed by atoms with Gasteiger partial charge in [-0.05, 0) is 125 Å². The number of amides is 1. The third-order valence-corrected chi connectivity index (χ3v) is 12.3. The molecule has 0 radical (unpaired) electrons. The van der Waals surface area contributed by atoms with E-state index in [0.29, 0.717) is 36.5 Å². The number of fused-ring (bicyclic) bond motifs is 5. The molecule has 0 aromatic carbocycles. The highest BCUT2D eigenvalue weighted by atomic mass is 32.3. The van der Waals surface area contributed by atoms with E-state index in [1.807, 2.05) is 0 Å². The van der Waals surface area contributed by atoms with Crippen molar-refractivity contribution in [2.45, 2.75) is 117 Å². The molecule has 4 rings (SSSR count). The fourth-order valence-corrected chi connectivity index (χ4v) is 10.1. The molecule has 9 heteroatoms. The maximum absolute atomic E-state index is 13.2. The van der Waals surface area contributed by atoms with E-state index >= 15 is 0 Å². The molecule has 0 aliphatic heterocycles. The first-order valence-corrected chi connectivity index (χ1v) is 17.9. The minimum absolute atomic E-state index is 0.0290. The van der Waals surface area contributed by atoms with E-state index in [2.05, 4.69) is 37.5 Å². The van der Waals surface area contributed by atoms with Crippen LogP contribution in [0.25, 0.3) is 0 Å². The predicted octanol–water partition coefficient (Wildman–Crippen LogP) is 5.39. The van der Waals surface area contributed by atoms with Gasteiger partial charge in [0.15, 0.2) is 0 Å². The van der Waals surface area contributed by atoms with Crippen LogP contribution in [0.4, 0.5) is 0 Å². The van der Waals surface area contributed by atoms with Gasteiger partial charge in [-0.3, -0.25) is 9.35 Å². The van der Waals surface area contributed by atoms with Crippen LogP contribution in [0.2, 0.25) is 0 Å². The Morgan fingerprint density at radius 3 is 2.51 bits per heavy atom. The molecule has 3 fully saturated rings. The molecule has 0 bridgehead atoms. The molecule has 41 heavy (non-hydrogen) atoms. The highest BCUT2D eigenvalue weighted by Gasteiger charge is 2.59. The second-order valence-electron chi connectivity index (χ2n) is 14.1. The van der Waals surface area contributed by atoms with E-state index in [9.17, 15) is 17.8 Å². The van der Waals surface area contributed by atoms with Gasteiger partial charge in [0.2, 0.25) is 5.91 Å². The molecule has 8 nitrogen and oxygen atoms in total. The van der Waals surface area contributed by atoms with Crippen molar-refractivity contribution >= 4 is 16.3 Å². The molecule has 3 saturated carbocycles. The molecule has 5 N–H and O–H groups in total. The zero-order valence-corrected chi connectivity index (χ0v) is 26.7. The first kappa shape index (κ1) is 32.9. The van der Waals surface area contributed by atoms with E-state index < -0.39 is 16.5 Å². The van der Waals surface area contributed by atoms with Crippen molar-refractivity contribution in [2.24, 2.45) is 46.2 Å². The van der Waals surface area contributed by atoms with Crippen LogP contribution in [0, 0.1) is 40.4 Å². The van der Waals surface area contributed by atoms with Crippen LogP contribution in [0.15, 0.2) is 11.6 Å². The van der Waals surface area contributed by atoms with Crippen molar-refractivity contribution in [2.75, 3.05) is 26.2 Å². The quantitative estimate of drug-likeness (QED) is 0.113. The summed E-state index contributed by atoms with van der Waals surface area (Å²) in [6, 6.07) is 0. The largest absolute Gasteiger partial charge is 0.397 e. The topological polar surface area (TPSA) is 131 Å². The summed E-state index contributed by atoms with van der Waals surface area (Å²) in [4.78, 5) is 13.2. The molecule has 0 heterocycles. The highest BCUT2D eigenvalue weighted by Crippen LogP contribution is 2.67. The lowest BCUT2D eigenvalue weighted by Gasteiger charge is -2.58. The Kier molecular flexibility index (Phi) is 11.4. The van der Waals surface area contributed by atoms with Gasteiger partial charge < -0.3 is 16.4 Å². The van der Waals surface area contributed by atoms with Crippen molar-refractivity contribution in [1.82, 2.24) is 10.6 Å². The lowest BCUT2D eigenvalue weighted by atomic mass is 9.47. The van der Waals surface area contributed by atoms with Crippen molar-refractivity contribution in [3.63, 3.8) is 0 Å². The molecule has 8 atom stereocenters. The highest BCUT2D eigenvalue weighted by molar-refractivity contribution is 7.80. The minimum Gasteiger partial charge on any atom is -0.356 e. The Labute approximate surface area is 249 Å². The maximum atomic E-state index is 13.2. The zero-order chi connectivity index (χ0) is 29.7. The zero-order valence-electron chi connectivity index (χ0n) is 25.8. The molecule has 4 aliphatic carbocycles. The number of unbranched alkanes of at least 4 members (excludes halogenated alkanes) is 4. The van der Waals surface area contributed by atoms with Gasteiger partial charge in [-0.2, -0.15) is 8.42 Å². The Hall–Kier alpha value is -1.00. The first-order chi connectivity index (χ1) is 19.5. The Bertz CT molecular complexity index is 1020. The molecule has 236 valence electrons. The predicted molar refractivity (Wildman–Crippen MR) is 163 cm³/mol. The van der Waals surface area contributed by atoms with Gasteiger partial charge in [-0.15, -0.1) is 0 Å². The van der Waals surface area contributed by atoms with Gasteiger partial charge in [-0.1, -0.05) is 51.7 Å². The number of hydrogen-bond donors (Lipinski definition) is 4. The minimum atomic E-state index is -4.43. The lowest BCUT2D eigenvalue weighted by molar-refractivity contribution is -0.129. The standard InChI is InChI=1S/C32H57N3O5S/c1-23(30(36)35-21-9-20-34-19-8-6-4-5-7-18-33)27-12-13-28-26-11-10-24-22-25(40-41(37,38)39)14-16-31(24,2)29(26)15-17-32(27,28)3/h10,23,25-29,34H,4-9,11-22,33H2,1-3H3,(H,35,36)(H,37,38,39)/t23-,25-,26-,27+,28-,29-,31-,32+/m0/s1. The van der Waals surface area contributed by atoms with Crippen LogP contribution < -0.4 is 16.4 Å². The summed E-state index contributed by atoms with van der Waals surface area (Å²) in [7, 11) is -4.43. The van der Waals surface area contributed by atoms with E-state index in [4.69, 9.17) is 9.92 Å². The summed E-state index contributed by atoms with van der Waals surface area (Å²) in [5.41, 5.74) is 7.13. The smallest absolute Gasteiger partial charge is 0.356 e. The molecule has 0 unspecified atom stereocenters. The third-order valence-electron chi connectivity index (χ3n) is 11.8. The summed E-state index contributed by atoms with van der Waals surface area (Å²) >= 11 is 0. The van der Waals surface area contributed by atoms with E-state index in [0.717, 1.165) is 64.7 Å². The fraction of sp³-hybridized carbons (Fsp3) is 0.906. The first-order valence-electron chi connectivity index (χ1n) is 16.5. The van der Waals surface area contributed by atoms with Crippen molar-refractivity contribution in [3.8, 4) is 0 Å². The van der Waals surface area contributed by atoms with Crippen molar-refractivity contribution < 1.29 is 21.9 Å². The van der Waals surface area contributed by atoms with Gasteiger partial charge in [0.25, 0.3) is 0 Å². The fourth-order valence-electron chi connectivity index (χ4n) is 9.56. The van der Waals surface area contributed by atoms with Crippen LogP contribution in [-0.4, -0.2) is 51.2 Å². The summed E-state index contributed by atoms with van der Waals surface area (Å²) in [5, 5.41) is 6.76. The molecule has 0 saturated heterocycles. The normalized spacial score (nSPS) is 35.6. The molecule has 0 aromatic rings. The van der Waals surface area contributed by atoms with Crippen molar-refractivity contribution in [1.29, 1.82) is 0 Å². The van der Waals surface area contributed by atoms with E-state index in [1.165, 1.54) is 44.1 Å². The third kappa shape index (κ3) is 7.75. The van der Waals surface area contributed by atoms with Gasteiger partial charge in [-0.25, -0.2) is 4.18 Å². The lowest BCUT2D eigenvalue weighted by Crippen LogP contribution is -2.51. The van der Waals surface area contributed by atoms with Crippen LogP contribution in [0.3, 0.4) is 0 Å². The SMILES string of the molecule is C[C@H](C(=O)NCCCNCCCCCCCN)[C@H]1CC[C@H]2[C@@H]3CC=C4C[C@@H](OS(=O)(=O)O)CC[C@]4(C)[C@H]3CC[C@]12C. The number of allylic oxidation sites excluding steroid dienone is 1. The average Bonchev–Trinajstić information content (AvgIpc) is 3.27. The van der Waals surface area contributed by atoms with Crippen LogP contribution >= 0.6 is 0 Å². The number of hydrogen-bond acceptors (Lipinski definition) is 6. The Morgan fingerprint density at radius 1 is 1.02 bits per heavy atom. The molecule has 4 aliphatic rings. The number of carbonyl (C=O) groups excluding carboxylic acids is 1. The van der Waals surface area contributed by atoms with E-state index in [1.54, 1.807) is 0 Å². The number of nitrogens with one attached hydrogen (secondary N) is 2. The molecule has 1 amide bonds. The van der Waals surface area contributed by atoms with Crippen LogP contribution in [-0.2, 0) is 19.4 Å². The van der Waals surface area contributed by atoms with Gasteiger partial charge >= 0.3 is 10.4 Å². The monoisotopic (exact) mass is 595 g/mol. The van der Waals surface area contributed by atoms with Crippen LogP contribution in [0.5, 0.6) is 0 Å². The summed E-state index contributed by atoms with van der Waals surface area (Å²) in [5.74, 6) is 2.50. The van der Waals surface area contributed by atoms with Gasteiger partial charge in [0.1, 0.15) is 0 Å². The summed E-state index contributed by atoms with van der Waals surface area (Å²) in [6.45, 7) is 10.5. The average molecular weight is 596 g/mol. The Balaban J connectivity index is 1.24. The number of nitrogens with two attached hydrogens (primary N) is 1. The van der Waals surface area contributed by atoms with Crippen LogP contribution in [0.1, 0.15) is 111 Å². The second-order valence-corrected chi connectivity index (χ2v) is 15.2. The Morgan fingerprint density at radius 2 is 1.76 bits per heavy atom. The summed E-state index contributed by atoms with van der Waals surface area (Å²) in [6.07, 6.45) is 16.8. The van der Waals surface area contributed by atoms with Gasteiger partial charge in [0, 0.05) is 12.5 Å². The second kappa shape index (κ2) is 14.2. The molecule has 0 spiro atoms. The summed E-state index contributed by atoms with van der Waals surface area (Å²) < 4.78 is 36.7. The number of carbonyl (C=O) groups is 1. The maximum Gasteiger partial charge on any atom is 0.397 e. The van der Waals surface area contributed by atoms with Crippen molar-refractivity contribution in [3.05, 3.63) is 11.6 Å². The molecular weight excluding hydrogens is 538 g/mol. The molecule has 0 aromatic heterocycles. The molecular formula is C32H57N3O5S. The van der Waals surface area contributed by atoms with E-state index in [-0.39, 0.29) is 22.7 Å². The van der Waals surface area contributed by atoms with Gasteiger partial charge in [0.05, 0.1) is 6.10 Å².